The summed E-state index contributed by atoms with van der Waals surface area (Å²) in [7, 11) is 0. The Morgan fingerprint density at radius 3 is 2.54 bits per heavy atom. The summed E-state index contributed by atoms with van der Waals surface area (Å²) in [4.78, 5) is 19.9. The van der Waals surface area contributed by atoms with E-state index >= 15 is 0 Å². The Hall–Kier alpha value is -3.53. The maximum Gasteiger partial charge on any atom is 0.225 e. The predicted molar refractivity (Wildman–Crippen MR) is 93.8 cm³/mol. The molecule has 7 nitrogen and oxygen atoms in total. The first kappa shape index (κ1) is 16.0. The van der Waals surface area contributed by atoms with Crippen LogP contribution in [0.15, 0.2) is 42.6 Å². The highest BCUT2D eigenvalue weighted by atomic mass is 16.1. The molecule has 2 heterocycles. The summed E-state index contributed by atoms with van der Waals surface area (Å²) >= 11 is 0. The molecule has 0 saturated carbocycles. The number of fused-ring (bicyclic) bond motifs is 1. The number of primary amides is 1. The number of nitrogens with two attached hydrogens (primary N) is 1. The molecular formula is C19H16N6O. The van der Waals surface area contributed by atoms with Gasteiger partial charge in [-0.3, -0.25) is 4.79 Å². The van der Waals surface area contributed by atoms with Crippen LogP contribution < -0.4 is 5.73 Å². The molecule has 2 N–H and O–H groups in total. The highest BCUT2D eigenvalue weighted by Crippen LogP contribution is 2.32. The van der Waals surface area contributed by atoms with Crippen LogP contribution in [0.2, 0.25) is 0 Å². The molecule has 4 rings (SSSR count). The molecule has 1 aromatic carbocycles. The SMILES string of the molecule is N#Cc1ccc(-c2nc(CC(N)=O)nn2C2Cc3ccccc3C2)cn1. The second-order valence-corrected chi connectivity index (χ2v) is 6.31. The van der Waals surface area contributed by atoms with Crippen molar-refractivity contribution < 1.29 is 4.79 Å². The van der Waals surface area contributed by atoms with Crippen molar-refractivity contribution in [1.29, 1.82) is 5.26 Å². The van der Waals surface area contributed by atoms with Crippen molar-refractivity contribution in [2.24, 2.45) is 5.73 Å². The minimum absolute atomic E-state index is 0.0105. The van der Waals surface area contributed by atoms with Gasteiger partial charge in [-0.05, 0) is 36.1 Å². The standard InChI is InChI=1S/C19H16N6O/c20-10-15-6-5-14(11-22-15)19-23-18(9-17(21)26)24-25(19)16-7-12-3-1-2-4-13(12)8-16/h1-6,11,16H,7-9H2,(H2,21,26). The van der Waals surface area contributed by atoms with Gasteiger partial charge >= 0.3 is 0 Å². The van der Waals surface area contributed by atoms with Crippen molar-refractivity contribution in [3.05, 3.63) is 65.2 Å². The van der Waals surface area contributed by atoms with Gasteiger partial charge in [-0.2, -0.15) is 10.4 Å². The zero-order valence-electron chi connectivity index (χ0n) is 14.0. The quantitative estimate of drug-likeness (QED) is 0.772. The molecule has 2 aromatic heterocycles. The Morgan fingerprint density at radius 1 is 1.23 bits per heavy atom. The van der Waals surface area contributed by atoms with E-state index in [1.807, 2.05) is 22.9 Å². The fourth-order valence-electron chi connectivity index (χ4n) is 3.35. The fraction of sp³-hybridized carbons (Fsp3) is 0.211. The molecule has 0 saturated heterocycles. The molecule has 7 heteroatoms. The molecule has 128 valence electrons. The Bertz CT molecular complexity index is 990. The lowest BCUT2D eigenvalue weighted by molar-refractivity contribution is -0.117. The average molecular weight is 344 g/mol. The lowest BCUT2D eigenvalue weighted by atomic mass is 10.1. The second-order valence-electron chi connectivity index (χ2n) is 6.31. The summed E-state index contributed by atoms with van der Waals surface area (Å²) in [6, 6.07) is 13.9. The van der Waals surface area contributed by atoms with Gasteiger partial charge in [-0.15, -0.1) is 0 Å². The maximum atomic E-state index is 11.3. The second kappa shape index (κ2) is 6.41. The summed E-state index contributed by atoms with van der Waals surface area (Å²) in [5.41, 5.74) is 9.00. The first-order valence-corrected chi connectivity index (χ1v) is 8.31. The van der Waals surface area contributed by atoms with Crippen LogP contribution in [0.5, 0.6) is 0 Å². The summed E-state index contributed by atoms with van der Waals surface area (Å²) < 4.78 is 1.86. The van der Waals surface area contributed by atoms with Gasteiger partial charge in [0.05, 0.1) is 12.5 Å². The Kier molecular flexibility index (Phi) is 3.93. The van der Waals surface area contributed by atoms with Crippen LogP contribution in [-0.2, 0) is 24.1 Å². The van der Waals surface area contributed by atoms with E-state index in [1.54, 1.807) is 18.3 Å². The number of rotatable bonds is 4. The third-order valence-corrected chi connectivity index (χ3v) is 4.52. The molecule has 1 aliphatic rings. The van der Waals surface area contributed by atoms with Gasteiger partial charge in [-0.1, -0.05) is 24.3 Å². The van der Waals surface area contributed by atoms with Gasteiger partial charge in [0.15, 0.2) is 11.6 Å². The van der Waals surface area contributed by atoms with Crippen LogP contribution in [0.4, 0.5) is 0 Å². The van der Waals surface area contributed by atoms with Crippen LogP contribution in [0.1, 0.15) is 28.7 Å². The van der Waals surface area contributed by atoms with Gasteiger partial charge in [0, 0.05) is 11.8 Å². The van der Waals surface area contributed by atoms with E-state index in [1.165, 1.54) is 11.1 Å². The number of pyridine rings is 1. The van der Waals surface area contributed by atoms with Gasteiger partial charge in [0.2, 0.25) is 5.91 Å². The van der Waals surface area contributed by atoms with Gasteiger partial charge < -0.3 is 5.73 Å². The van der Waals surface area contributed by atoms with E-state index in [-0.39, 0.29) is 12.5 Å². The van der Waals surface area contributed by atoms with Crippen LogP contribution in [0.25, 0.3) is 11.4 Å². The molecule has 3 aromatic rings. The smallest absolute Gasteiger partial charge is 0.225 e. The van der Waals surface area contributed by atoms with E-state index in [9.17, 15) is 4.79 Å². The van der Waals surface area contributed by atoms with Gasteiger partial charge in [0.1, 0.15) is 11.8 Å². The molecule has 0 atom stereocenters. The monoisotopic (exact) mass is 344 g/mol. The Morgan fingerprint density at radius 2 is 1.96 bits per heavy atom. The molecule has 1 aliphatic carbocycles. The molecule has 0 bridgehead atoms. The van der Waals surface area contributed by atoms with E-state index in [0.717, 1.165) is 18.4 Å². The van der Waals surface area contributed by atoms with Crippen molar-refractivity contribution in [2.75, 3.05) is 0 Å². The molecule has 0 fully saturated rings. The molecule has 0 radical (unpaired) electrons. The minimum atomic E-state index is -0.471. The number of amides is 1. The van der Waals surface area contributed by atoms with Gasteiger partial charge in [-0.25, -0.2) is 14.6 Å². The number of hydrogen-bond acceptors (Lipinski definition) is 5. The van der Waals surface area contributed by atoms with Gasteiger partial charge in [0.25, 0.3) is 0 Å². The highest BCUT2D eigenvalue weighted by molar-refractivity contribution is 5.75. The third kappa shape index (κ3) is 2.93. The zero-order valence-corrected chi connectivity index (χ0v) is 14.0. The maximum absolute atomic E-state index is 11.3. The highest BCUT2D eigenvalue weighted by Gasteiger charge is 2.27. The van der Waals surface area contributed by atoms with E-state index in [4.69, 9.17) is 11.0 Å². The Balaban J connectivity index is 1.74. The van der Waals surface area contributed by atoms with E-state index < -0.39 is 5.91 Å². The average Bonchev–Trinajstić information content (AvgIpc) is 3.25. The first-order valence-electron chi connectivity index (χ1n) is 8.31. The number of carbonyl (C=O) groups is 1. The van der Waals surface area contributed by atoms with Crippen molar-refractivity contribution in [3.8, 4) is 17.5 Å². The summed E-state index contributed by atoms with van der Waals surface area (Å²) in [6.07, 6.45) is 3.30. The molecule has 0 spiro atoms. The van der Waals surface area contributed by atoms with Crippen molar-refractivity contribution >= 4 is 5.91 Å². The van der Waals surface area contributed by atoms with E-state index in [2.05, 4.69) is 27.2 Å². The molecule has 0 aliphatic heterocycles. The summed E-state index contributed by atoms with van der Waals surface area (Å²) in [5, 5.41) is 13.5. The number of hydrogen-bond donors (Lipinski definition) is 1. The third-order valence-electron chi connectivity index (χ3n) is 4.52. The number of aromatic nitrogens is 4. The van der Waals surface area contributed by atoms with Crippen molar-refractivity contribution in [1.82, 2.24) is 19.7 Å². The van der Waals surface area contributed by atoms with Crippen LogP contribution >= 0.6 is 0 Å². The Labute approximate surface area is 150 Å². The number of benzene rings is 1. The number of carbonyl (C=O) groups excluding carboxylic acids is 1. The normalized spacial score (nSPS) is 13.3. The van der Waals surface area contributed by atoms with E-state index in [0.29, 0.717) is 17.3 Å². The lowest BCUT2D eigenvalue weighted by Crippen LogP contribution is -2.16. The van der Waals surface area contributed by atoms with Crippen molar-refractivity contribution in [3.63, 3.8) is 0 Å². The minimum Gasteiger partial charge on any atom is -0.369 e. The van der Waals surface area contributed by atoms with Crippen LogP contribution in [0, 0.1) is 11.3 Å². The zero-order chi connectivity index (χ0) is 18.1. The lowest BCUT2D eigenvalue weighted by Gasteiger charge is -2.12. The first-order chi connectivity index (χ1) is 12.6. The fourth-order valence-corrected chi connectivity index (χ4v) is 3.35. The molecule has 0 unspecified atom stereocenters. The number of nitrogens with zero attached hydrogens (tertiary/aromatic N) is 5. The molecular weight excluding hydrogens is 328 g/mol. The topological polar surface area (TPSA) is 110 Å². The number of nitriles is 1. The van der Waals surface area contributed by atoms with Crippen molar-refractivity contribution in [2.45, 2.75) is 25.3 Å². The predicted octanol–water partition coefficient (Wildman–Crippen LogP) is 1.58. The summed E-state index contributed by atoms with van der Waals surface area (Å²) in [5.74, 6) is 0.560. The van der Waals surface area contributed by atoms with Crippen LogP contribution in [0.3, 0.4) is 0 Å². The van der Waals surface area contributed by atoms with Crippen LogP contribution in [-0.4, -0.2) is 25.7 Å². The summed E-state index contributed by atoms with van der Waals surface area (Å²) in [6.45, 7) is 0. The largest absolute Gasteiger partial charge is 0.369 e. The molecule has 26 heavy (non-hydrogen) atoms. The molecule has 1 amide bonds.